The van der Waals surface area contributed by atoms with E-state index in [1.54, 1.807) is 38.1 Å². The number of nitrogens with zero attached hydrogens (tertiary/aromatic N) is 1. The number of carbonyl (C=O) groups excluding carboxylic acids is 3. The third-order valence-electron chi connectivity index (χ3n) is 8.00. The van der Waals surface area contributed by atoms with Crippen LogP contribution < -0.4 is 4.90 Å². The first kappa shape index (κ1) is 22.7. The first-order chi connectivity index (χ1) is 17.3. The number of aryl methyl sites for hydroxylation is 1. The molecule has 4 aliphatic rings. The van der Waals surface area contributed by atoms with Gasteiger partial charge >= 0.3 is 11.9 Å². The fourth-order valence-electron chi connectivity index (χ4n) is 6.55. The Balaban J connectivity index is 1.62. The molecule has 2 atom stereocenters. The molecule has 36 heavy (non-hydrogen) atoms. The molecular formula is C28H23NO6S. The highest BCUT2D eigenvalue weighted by Crippen LogP contribution is 2.64. The van der Waals surface area contributed by atoms with Crippen molar-refractivity contribution in [3.05, 3.63) is 86.8 Å². The van der Waals surface area contributed by atoms with Crippen LogP contribution >= 0.6 is 11.3 Å². The number of thiophene rings is 1. The quantitative estimate of drug-likeness (QED) is 0.425. The maximum atomic E-state index is 14.2. The van der Waals surface area contributed by atoms with Crippen LogP contribution in [0.2, 0.25) is 0 Å². The predicted molar refractivity (Wildman–Crippen MR) is 132 cm³/mol. The molecule has 2 aromatic carbocycles. The maximum absolute atomic E-state index is 14.2. The van der Waals surface area contributed by atoms with E-state index in [-0.39, 0.29) is 17.2 Å². The number of hydrogen-bond donors (Lipinski definition) is 1. The summed E-state index contributed by atoms with van der Waals surface area (Å²) in [6.07, 6.45) is 0. The summed E-state index contributed by atoms with van der Waals surface area (Å²) in [5, 5.41) is 11.0. The van der Waals surface area contributed by atoms with Gasteiger partial charge in [0, 0.05) is 10.8 Å². The van der Waals surface area contributed by atoms with E-state index < -0.39 is 46.9 Å². The summed E-state index contributed by atoms with van der Waals surface area (Å²) in [7, 11) is 0. The molecule has 8 heteroatoms. The second-order valence-corrected chi connectivity index (χ2v) is 10.7. The van der Waals surface area contributed by atoms with Gasteiger partial charge < -0.3 is 9.84 Å². The number of anilines is 1. The number of aliphatic carboxylic acids is 1. The van der Waals surface area contributed by atoms with Crippen molar-refractivity contribution < 1.29 is 29.0 Å². The third kappa shape index (κ3) is 2.52. The summed E-state index contributed by atoms with van der Waals surface area (Å²) >= 11 is 1.18. The maximum Gasteiger partial charge on any atom is 0.341 e. The second-order valence-electron chi connectivity index (χ2n) is 9.46. The summed E-state index contributed by atoms with van der Waals surface area (Å²) in [4.78, 5) is 56.4. The molecule has 1 aromatic heterocycles. The lowest BCUT2D eigenvalue weighted by molar-refractivity contribution is -0.149. The van der Waals surface area contributed by atoms with Crippen LogP contribution in [0.4, 0.5) is 5.00 Å². The average molecular weight is 502 g/mol. The fourth-order valence-corrected chi connectivity index (χ4v) is 7.70. The molecule has 1 saturated heterocycles. The van der Waals surface area contributed by atoms with Crippen LogP contribution in [-0.2, 0) is 24.5 Å². The van der Waals surface area contributed by atoms with E-state index in [1.807, 2.05) is 31.2 Å². The lowest BCUT2D eigenvalue weighted by Gasteiger charge is -2.51. The van der Waals surface area contributed by atoms with Crippen molar-refractivity contribution in [3.63, 3.8) is 0 Å². The molecule has 1 aliphatic heterocycles. The Morgan fingerprint density at radius 3 is 2.14 bits per heavy atom. The third-order valence-corrected chi connectivity index (χ3v) is 9.20. The topological polar surface area (TPSA) is 101 Å². The highest BCUT2D eigenvalue weighted by Gasteiger charge is 2.71. The van der Waals surface area contributed by atoms with E-state index >= 15 is 0 Å². The number of ether oxygens (including phenoxy) is 1. The number of benzene rings is 2. The number of amides is 2. The Bertz CT molecular complexity index is 1460. The van der Waals surface area contributed by atoms with Gasteiger partial charge in [-0.05, 0) is 48.6 Å². The minimum absolute atomic E-state index is 0.147. The fraction of sp³-hybridized carbons (Fsp3) is 0.286. The van der Waals surface area contributed by atoms with Gasteiger partial charge in [0.2, 0.25) is 11.8 Å². The molecule has 2 heterocycles. The zero-order chi connectivity index (χ0) is 25.5. The van der Waals surface area contributed by atoms with E-state index in [4.69, 9.17) is 4.74 Å². The lowest BCUT2D eigenvalue weighted by atomic mass is 9.47. The van der Waals surface area contributed by atoms with E-state index in [2.05, 4.69) is 0 Å². The molecule has 0 saturated carbocycles. The van der Waals surface area contributed by atoms with E-state index in [0.29, 0.717) is 16.7 Å². The van der Waals surface area contributed by atoms with E-state index in [0.717, 1.165) is 20.9 Å². The van der Waals surface area contributed by atoms with Crippen molar-refractivity contribution >= 4 is 40.1 Å². The van der Waals surface area contributed by atoms with Gasteiger partial charge in [0.15, 0.2) is 0 Å². The van der Waals surface area contributed by atoms with Crippen molar-refractivity contribution in [2.24, 2.45) is 11.8 Å². The summed E-state index contributed by atoms with van der Waals surface area (Å²) in [6, 6.07) is 14.4. The molecule has 1 fully saturated rings. The standard InChI is InChI=1S/C28H23NO6S/c1-4-35-26(32)19-13(2)14(3)36-25(19)29-23(30)21-20-15-9-5-7-11-17(15)28(27(33)34,22(21)24(29)31)18-12-8-6-10-16(18)20/h5-12,20-22H,4H2,1-3H3,(H,33,34). The van der Waals surface area contributed by atoms with Crippen LogP contribution in [0.25, 0.3) is 0 Å². The molecule has 7 rings (SSSR count). The van der Waals surface area contributed by atoms with Crippen LogP contribution in [0.5, 0.6) is 0 Å². The van der Waals surface area contributed by atoms with Gasteiger partial charge in [0.25, 0.3) is 0 Å². The van der Waals surface area contributed by atoms with Crippen LogP contribution in [-0.4, -0.2) is 35.5 Å². The molecular weight excluding hydrogens is 478 g/mol. The number of hydrogen-bond acceptors (Lipinski definition) is 6. The Morgan fingerprint density at radius 1 is 1.00 bits per heavy atom. The second kappa shape index (κ2) is 7.61. The minimum Gasteiger partial charge on any atom is -0.480 e. The summed E-state index contributed by atoms with van der Waals surface area (Å²) in [5.74, 6) is -5.32. The van der Waals surface area contributed by atoms with E-state index in [1.165, 1.54) is 11.3 Å². The van der Waals surface area contributed by atoms with Crippen LogP contribution in [0.3, 0.4) is 0 Å². The number of carbonyl (C=O) groups is 4. The Kier molecular flexibility index (Phi) is 4.79. The Hall–Kier alpha value is -3.78. The molecule has 2 amide bonds. The van der Waals surface area contributed by atoms with Crippen molar-refractivity contribution in [2.75, 3.05) is 11.5 Å². The van der Waals surface area contributed by atoms with Crippen molar-refractivity contribution in [3.8, 4) is 0 Å². The SMILES string of the molecule is CCOC(=O)c1c(N2C(=O)C3C4c5ccccc5C(C(=O)O)(c5ccccc54)C3C2=O)sc(C)c1C. The van der Waals surface area contributed by atoms with Gasteiger partial charge in [0.05, 0.1) is 24.0 Å². The zero-order valence-electron chi connectivity index (χ0n) is 19.9. The smallest absolute Gasteiger partial charge is 0.341 e. The molecule has 0 radical (unpaired) electrons. The number of carboxylic acid groups (broad SMARTS) is 1. The largest absolute Gasteiger partial charge is 0.480 e. The zero-order valence-corrected chi connectivity index (χ0v) is 20.7. The minimum atomic E-state index is -1.71. The van der Waals surface area contributed by atoms with Gasteiger partial charge in [-0.15, -0.1) is 11.3 Å². The summed E-state index contributed by atoms with van der Waals surface area (Å²) < 4.78 is 5.25. The summed E-state index contributed by atoms with van der Waals surface area (Å²) in [5.41, 5.74) is 1.74. The molecule has 1 N–H and O–H groups in total. The number of imide groups is 1. The van der Waals surface area contributed by atoms with Gasteiger partial charge in [-0.3, -0.25) is 14.4 Å². The Labute approximate surface area is 211 Å². The van der Waals surface area contributed by atoms with E-state index in [9.17, 15) is 24.3 Å². The predicted octanol–water partition coefficient (Wildman–Crippen LogP) is 4.18. The molecule has 3 aliphatic carbocycles. The Morgan fingerprint density at radius 2 is 1.58 bits per heavy atom. The molecule has 0 spiro atoms. The van der Waals surface area contributed by atoms with Gasteiger partial charge in [0.1, 0.15) is 10.4 Å². The molecule has 2 unspecified atom stereocenters. The average Bonchev–Trinajstić information content (AvgIpc) is 3.31. The number of rotatable bonds is 4. The van der Waals surface area contributed by atoms with Crippen LogP contribution in [0.1, 0.15) is 55.9 Å². The highest BCUT2D eigenvalue weighted by atomic mass is 32.1. The van der Waals surface area contributed by atoms with Crippen molar-refractivity contribution in [1.82, 2.24) is 0 Å². The van der Waals surface area contributed by atoms with Gasteiger partial charge in [-0.25, -0.2) is 9.69 Å². The highest BCUT2D eigenvalue weighted by molar-refractivity contribution is 7.17. The normalized spacial score (nSPS) is 25.4. The first-order valence-corrected chi connectivity index (χ1v) is 12.7. The van der Waals surface area contributed by atoms with Crippen LogP contribution in [0, 0.1) is 25.7 Å². The van der Waals surface area contributed by atoms with Crippen molar-refractivity contribution in [2.45, 2.75) is 32.1 Å². The van der Waals surface area contributed by atoms with Gasteiger partial charge in [-0.1, -0.05) is 48.5 Å². The molecule has 182 valence electrons. The molecule has 3 aromatic rings. The monoisotopic (exact) mass is 501 g/mol. The summed E-state index contributed by atoms with van der Waals surface area (Å²) in [6.45, 7) is 5.41. The first-order valence-electron chi connectivity index (χ1n) is 11.8. The van der Waals surface area contributed by atoms with Gasteiger partial charge in [-0.2, -0.15) is 0 Å². The number of esters is 1. The van der Waals surface area contributed by atoms with Crippen molar-refractivity contribution in [1.29, 1.82) is 0 Å². The lowest BCUT2D eigenvalue weighted by Crippen LogP contribution is -2.57. The van der Waals surface area contributed by atoms with Crippen LogP contribution in [0.15, 0.2) is 48.5 Å². The molecule has 2 bridgehead atoms. The molecule has 7 nitrogen and oxygen atoms in total. The number of carboxylic acids is 1.